The van der Waals surface area contributed by atoms with Crippen molar-refractivity contribution in [2.75, 3.05) is 26.9 Å². The molecular weight excluding hydrogens is 252 g/mol. The van der Waals surface area contributed by atoms with Crippen LogP contribution in [0.15, 0.2) is 18.2 Å². The smallest absolute Gasteiger partial charge is 0.124 e. The van der Waals surface area contributed by atoms with E-state index in [2.05, 4.69) is 13.8 Å². The van der Waals surface area contributed by atoms with E-state index in [-0.39, 0.29) is 0 Å². The average molecular weight is 273 g/mol. The first kappa shape index (κ1) is 15.1. The summed E-state index contributed by atoms with van der Waals surface area (Å²) in [7, 11) is 1.63. The van der Waals surface area contributed by atoms with E-state index in [1.165, 1.54) is 0 Å². The first-order chi connectivity index (χ1) is 8.67. The number of rotatable bonds is 8. The fourth-order valence-corrected chi connectivity index (χ4v) is 1.67. The standard InChI is InChI=1S/C14H21ClO3/c1-11(2)10-17-6-7-18-14-5-4-13(16-3)8-12(14)9-15/h4-5,8,11H,6-7,9-10H2,1-3H3. The molecule has 0 amide bonds. The van der Waals surface area contributed by atoms with Crippen molar-refractivity contribution < 1.29 is 14.2 Å². The Labute approximate surface area is 114 Å². The zero-order valence-electron chi connectivity index (χ0n) is 11.2. The van der Waals surface area contributed by atoms with Crippen molar-refractivity contribution >= 4 is 11.6 Å². The number of methoxy groups -OCH3 is 1. The van der Waals surface area contributed by atoms with E-state index in [1.807, 2.05) is 18.2 Å². The van der Waals surface area contributed by atoms with Gasteiger partial charge in [0.2, 0.25) is 0 Å². The van der Waals surface area contributed by atoms with Gasteiger partial charge in [0.15, 0.2) is 0 Å². The van der Waals surface area contributed by atoms with Gasteiger partial charge in [0.25, 0.3) is 0 Å². The van der Waals surface area contributed by atoms with Crippen LogP contribution in [0.25, 0.3) is 0 Å². The molecule has 1 aromatic rings. The summed E-state index contributed by atoms with van der Waals surface area (Å²) >= 11 is 5.88. The predicted molar refractivity (Wildman–Crippen MR) is 73.7 cm³/mol. The van der Waals surface area contributed by atoms with Gasteiger partial charge >= 0.3 is 0 Å². The third kappa shape index (κ3) is 5.15. The van der Waals surface area contributed by atoms with Crippen LogP contribution in [0.3, 0.4) is 0 Å². The van der Waals surface area contributed by atoms with E-state index in [9.17, 15) is 0 Å². The molecule has 0 aliphatic heterocycles. The zero-order valence-corrected chi connectivity index (χ0v) is 12.0. The van der Waals surface area contributed by atoms with Crippen molar-refractivity contribution in [2.45, 2.75) is 19.7 Å². The van der Waals surface area contributed by atoms with Crippen LogP contribution in [0.4, 0.5) is 0 Å². The summed E-state index contributed by atoms with van der Waals surface area (Å²) in [5.41, 5.74) is 0.930. The third-order valence-electron chi connectivity index (χ3n) is 2.35. The quantitative estimate of drug-likeness (QED) is 0.536. The largest absolute Gasteiger partial charge is 0.497 e. The molecule has 0 spiro atoms. The van der Waals surface area contributed by atoms with Crippen LogP contribution in [-0.2, 0) is 10.6 Å². The third-order valence-corrected chi connectivity index (χ3v) is 2.64. The molecule has 0 bridgehead atoms. The van der Waals surface area contributed by atoms with Gasteiger partial charge < -0.3 is 14.2 Å². The topological polar surface area (TPSA) is 27.7 Å². The molecule has 0 heterocycles. The van der Waals surface area contributed by atoms with E-state index in [0.717, 1.165) is 23.7 Å². The van der Waals surface area contributed by atoms with Crippen molar-refractivity contribution in [3.8, 4) is 11.5 Å². The molecule has 0 radical (unpaired) electrons. The Kier molecular flexibility index (Phi) is 6.91. The molecule has 0 aliphatic rings. The van der Waals surface area contributed by atoms with Gasteiger partial charge in [0, 0.05) is 12.2 Å². The Balaban J connectivity index is 2.41. The Morgan fingerprint density at radius 2 is 2.00 bits per heavy atom. The van der Waals surface area contributed by atoms with Gasteiger partial charge in [-0.05, 0) is 24.1 Å². The number of halogens is 1. The molecule has 0 unspecified atom stereocenters. The number of alkyl halides is 1. The molecule has 0 N–H and O–H groups in total. The summed E-state index contributed by atoms with van der Waals surface area (Å²) in [5.74, 6) is 2.52. The van der Waals surface area contributed by atoms with Crippen molar-refractivity contribution in [3.05, 3.63) is 23.8 Å². The predicted octanol–water partition coefficient (Wildman–Crippen LogP) is 3.49. The highest BCUT2D eigenvalue weighted by Gasteiger charge is 2.05. The Bertz CT molecular complexity index is 353. The van der Waals surface area contributed by atoms with Crippen LogP contribution in [0, 0.1) is 5.92 Å². The molecule has 0 fully saturated rings. The monoisotopic (exact) mass is 272 g/mol. The Morgan fingerprint density at radius 3 is 2.61 bits per heavy atom. The van der Waals surface area contributed by atoms with Crippen LogP contribution in [0.2, 0.25) is 0 Å². The lowest BCUT2D eigenvalue weighted by atomic mass is 10.2. The van der Waals surface area contributed by atoms with Crippen molar-refractivity contribution in [2.24, 2.45) is 5.92 Å². The Morgan fingerprint density at radius 1 is 1.22 bits per heavy atom. The number of hydrogen-bond donors (Lipinski definition) is 0. The van der Waals surface area contributed by atoms with Gasteiger partial charge in [-0.3, -0.25) is 0 Å². The molecule has 0 aliphatic carbocycles. The van der Waals surface area contributed by atoms with Gasteiger partial charge in [-0.1, -0.05) is 13.8 Å². The van der Waals surface area contributed by atoms with Crippen molar-refractivity contribution in [3.63, 3.8) is 0 Å². The zero-order chi connectivity index (χ0) is 13.4. The van der Waals surface area contributed by atoms with E-state index in [1.54, 1.807) is 7.11 Å². The minimum Gasteiger partial charge on any atom is -0.497 e. The van der Waals surface area contributed by atoms with Crippen LogP contribution in [-0.4, -0.2) is 26.9 Å². The second-order valence-corrected chi connectivity index (χ2v) is 4.69. The summed E-state index contributed by atoms with van der Waals surface area (Å²) < 4.78 is 16.2. The molecule has 3 nitrogen and oxygen atoms in total. The normalized spacial score (nSPS) is 10.7. The lowest BCUT2D eigenvalue weighted by molar-refractivity contribution is 0.0817. The SMILES string of the molecule is COc1ccc(OCCOCC(C)C)c(CCl)c1. The molecule has 0 saturated heterocycles. The van der Waals surface area contributed by atoms with Gasteiger partial charge in [0.1, 0.15) is 18.1 Å². The molecule has 4 heteroatoms. The molecule has 0 atom stereocenters. The summed E-state index contributed by atoms with van der Waals surface area (Å²) in [6.45, 7) is 6.12. The highest BCUT2D eigenvalue weighted by molar-refractivity contribution is 6.17. The van der Waals surface area contributed by atoms with E-state index < -0.39 is 0 Å². The van der Waals surface area contributed by atoms with Gasteiger partial charge in [0.05, 0.1) is 19.6 Å². The van der Waals surface area contributed by atoms with E-state index >= 15 is 0 Å². The van der Waals surface area contributed by atoms with Crippen LogP contribution in [0.1, 0.15) is 19.4 Å². The highest BCUT2D eigenvalue weighted by atomic mass is 35.5. The summed E-state index contributed by atoms with van der Waals surface area (Å²) in [6.07, 6.45) is 0. The fourth-order valence-electron chi connectivity index (χ4n) is 1.46. The first-order valence-corrected chi connectivity index (χ1v) is 6.64. The van der Waals surface area contributed by atoms with Crippen LogP contribution in [0.5, 0.6) is 11.5 Å². The average Bonchev–Trinajstić information content (AvgIpc) is 2.38. The number of benzene rings is 1. The highest BCUT2D eigenvalue weighted by Crippen LogP contribution is 2.25. The minimum atomic E-state index is 0.402. The molecule has 0 saturated carbocycles. The lowest BCUT2D eigenvalue weighted by Crippen LogP contribution is -2.10. The van der Waals surface area contributed by atoms with Crippen molar-refractivity contribution in [1.82, 2.24) is 0 Å². The molecule has 1 rings (SSSR count). The maximum absolute atomic E-state index is 5.88. The Hall–Kier alpha value is -0.930. The number of ether oxygens (including phenoxy) is 3. The first-order valence-electron chi connectivity index (χ1n) is 6.10. The van der Waals surface area contributed by atoms with Crippen molar-refractivity contribution in [1.29, 1.82) is 0 Å². The van der Waals surface area contributed by atoms with E-state index in [4.69, 9.17) is 25.8 Å². The minimum absolute atomic E-state index is 0.402. The molecule has 1 aromatic carbocycles. The number of hydrogen-bond acceptors (Lipinski definition) is 3. The maximum Gasteiger partial charge on any atom is 0.124 e. The second-order valence-electron chi connectivity index (χ2n) is 4.42. The second kappa shape index (κ2) is 8.22. The van der Waals surface area contributed by atoms with E-state index in [0.29, 0.717) is 25.0 Å². The van der Waals surface area contributed by atoms with Gasteiger partial charge in [-0.2, -0.15) is 0 Å². The van der Waals surface area contributed by atoms with Crippen LogP contribution >= 0.6 is 11.6 Å². The molecule has 102 valence electrons. The summed E-state index contributed by atoms with van der Waals surface area (Å²) in [6, 6.07) is 5.62. The molecule has 0 aromatic heterocycles. The van der Waals surface area contributed by atoms with Gasteiger partial charge in [-0.25, -0.2) is 0 Å². The lowest BCUT2D eigenvalue weighted by Gasteiger charge is -2.12. The van der Waals surface area contributed by atoms with Gasteiger partial charge in [-0.15, -0.1) is 11.6 Å². The fraction of sp³-hybridized carbons (Fsp3) is 0.571. The maximum atomic E-state index is 5.88. The summed E-state index contributed by atoms with van der Waals surface area (Å²) in [5, 5.41) is 0. The van der Waals surface area contributed by atoms with Crippen LogP contribution < -0.4 is 9.47 Å². The molecule has 18 heavy (non-hydrogen) atoms. The molecular formula is C14H21ClO3. The summed E-state index contributed by atoms with van der Waals surface area (Å²) in [4.78, 5) is 0.